The van der Waals surface area contributed by atoms with E-state index in [1.807, 2.05) is 37.3 Å². The van der Waals surface area contributed by atoms with Gasteiger partial charge in [0.15, 0.2) is 16.7 Å². The number of nitrogens with one attached hydrogen (secondary N) is 2. The summed E-state index contributed by atoms with van der Waals surface area (Å²) in [6.07, 6.45) is 0.631. The van der Waals surface area contributed by atoms with Crippen molar-refractivity contribution in [1.82, 2.24) is 20.2 Å². The van der Waals surface area contributed by atoms with E-state index >= 15 is 0 Å². The third-order valence-electron chi connectivity index (χ3n) is 4.69. The van der Waals surface area contributed by atoms with E-state index in [1.54, 1.807) is 35.0 Å². The van der Waals surface area contributed by atoms with Gasteiger partial charge in [0.2, 0.25) is 5.16 Å². The van der Waals surface area contributed by atoms with Crippen LogP contribution in [-0.4, -0.2) is 25.9 Å². The molecule has 0 saturated carbocycles. The SMILES string of the molecule is CCc1nnc(SCc2ccccc2)n1NC(=S)NC(=O)c1ccc(-c2ccc(Cl)cc2Cl)o1. The molecule has 0 radical (unpaired) electrons. The number of halogens is 2. The molecule has 0 aliphatic rings. The molecule has 7 nitrogen and oxygen atoms in total. The number of carbonyl (C=O) groups excluding carboxylic acids is 1. The zero-order valence-electron chi connectivity index (χ0n) is 17.9. The number of amides is 1. The molecular formula is C23H19Cl2N5O2S2. The maximum Gasteiger partial charge on any atom is 0.293 e. The van der Waals surface area contributed by atoms with Crippen LogP contribution < -0.4 is 10.7 Å². The van der Waals surface area contributed by atoms with Gasteiger partial charge in [0.05, 0.1) is 5.02 Å². The topological polar surface area (TPSA) is 85.0 Å². The Balaban J connectivity index is 1.42. The first-order valence-corrected chi connectivity index (χ1v) is 12.4. The summed E-state index contributed by atoms with van der Waals surface area (Å²) in [5.41, 5.74) is 4.78. The first-order valence-electron chi connectivity index (χ1n) is 10.2. The third-order valence-corrected chi connectivity index (χ3v) is 6.44. The molecule has 0 atom stereocenters. The van der Waals surface area contributed by atoms with E-state index in [2.05, 4.69) is 20.9 Å². The average molecular weight is 532 g/mol. The number of carbonyl (C=O) groups is 1. The largest absolute Gasteiger partial charge is 0.451 e. The highest BCUT2D eigenvalue weighted by molar-refractivity contribution is 7.98. The van der Waals surface area contributed by atoms with E-state index in [1.165, 1.54) is 11.8 Å². The Kier molecular flexibility index (Phi) is 7.89. The Morgan fingerprint density at radius 2 is 1.91 bits per heavy atom. The Hall–Kier alpha value is -2.85. The van der Waals surface area contributed by atoms with Crippen molar-refractivity contribution in [1.29, 1.82) is 0 Å². The van der Waals surface area contributed by atoms with Crippen LogP contribution in [0.15, 0.2) is 70.2 Å². The second kappa shape index (κ2) is 11.1. The molecule has 0 aliphatic carbocycles. The Morgan fingerprint density at radius 3 is 2.65 bits per heavy atom. The predicted octanol–water partition coefficient (Wildman–Crippen LogP) is 5.96. The average Bonchev–Trinajstić information content (AvgIpc) is 3.46. The zero-order valence-corrected chi connectivity index (χ0v) is 21.1. The summed E-state index contributed by atoms with van der Waals surface area (Å²) >= 11 is 19.0. The second-order valence-electron chi connectivity index (χ2n) is 7.05. The fraction of sp³-hybridized carbons (Fsp3) is 0.130. The van der Waals surface area contributed by atoms with E-state index in [9.17, 15) is 4.79 Å². The molecular weight excluding hydrogens is 513 g/mol. The summed E-state index contributed by atoms with van der Waals surface area (Å²) in [6.45, 7) is 1.96. The summed E-state index contributed by atoms with van der Waals surface area (Å²) in [4.78, 5) is 12.7. The van der Waals surface area contributed by atoms with Gasteiger partial charge in [-0.05, 0) is 48.1 Å². The molecule has 0 unspecified atom stereocenters. The van der Waals surface area contributed by atoms with E-state index in [-0.39, 0.29) is 10.9 Å². The fourth-order valence-electron chi connectivity index (χ4n) is 3.05. The maximum absolute atomic E-state index is 12.7. The molecule has 0 aliphatic heterocycles. The van der Waals surface area contributed by atoms with Gasteiger partial charge in [0.25, 0.3) is 5.91 Å². The van der Waals surface area contributed by atoms with E-state index < -0.39 is 5.91 Å². The molecule has 0 bridgehead atoms. The summed E-state index contributed by atoms with van der Waals surface area (Å²) in [7, 11) is 0. The van der Waals surface area contributed by atoms with Crippen LogP contribution in [-0.2, 0) is 12.2 Å². The van der Waals surface area contributed by atoms with Crippen LogP contribution in [0.3, 0.4) is 0 Å². The minimum atomic E-state index is -0.501. The minimum absolute atomic E-state index is 0.0864. The van der Waals surface area contributed by atoms with E-state index in [0.717, 1.165) is 5.56 Å². The molecule has 2 aromatic heterocycles. The molecule has 1 amide bonds. The molecule has 2 aromatic carbocycles. The number of benzene rings is 2. The lowest BCUT2D eigenvalue weighted by molar-refractivity contribution is 0.0951. The van der Waals surface area contributed by atoms with Crippen LogP contribution in [0, 0.1) is 0 Å². The molecule has 2 N–H and O–H groups in total. The lowest BCUT2D eigenvalue weighted by Gasteiger charge is -2.13. The Bertz CT molecular complexity index is 1320. The van der Waals surface area contributed by atoms with Crippen molar-refractivity contribution in [2.75, 3.05) is 5.43 Å². The number of hydrogen-bond donors (Lipinski definition) is 2. The molecule has 0 spiro atoms. The second-order valence-corrected chi connectivity index (χ2v) is 9.24. The fourth-order valence-corrected chi connectivity index (χ4v) is 4.60. The molecule has 0 saturated heterocycles. The van der Waals surface area contributed by atoms with Gasteiger partial charge in [-0.1, -0.05) is 72.2 Å². The van der Waals surface area contributed by atoms with Gasteiger partial charge in [0.1, 0.15) is 5.76 Å². The van der Waals surface area contributed by atoms with Crippen molar-refractivity contribution < 1.29 is 9.21 Å². The van der Waals surface area contributed by atoms with Gasteiger partial charge in [0, 0.05) is 22.8 Å². The highest BCUT2D eigenvalue weighted by Gasteiger charge is 2.17. The van der Waals surface area contributed by atoms with Gasteiger partial charge >= 0.3 is 0 Å². The van der Waals surface area contributed by atoms with Crippen molar-refractivity contribution in [3.05, 3.63) is 87.9 Å². The quantitative estimate of drug-likeness (QED) is 0.225. The minimum Gasteiger partial charge on any atom is -0.451 e. The summed E-state index contributed by atoms with van der Waals surface area (Å²) < 4.78 is 7.36. The molecule has 4 rings (SSSR count). The summed E-state index contributed by atoms with van der Waals surface area (Å²) in [5.74, 6) is 1.43. The first-order chi connectivity index (χ1) is 16.4. The van der Waals surface area contributed by atoms with Crippen molar-refractivity contribution in [2.45, 2.75) is 24.3 Å². The van der Waals surface area contributed by atoms with Crippen LogP contribution in [0.2, 0.25) is 10.0 Å². The van der Waals surface area contributed by atoms with Gasteiger partial charge in [-0.25, -0.2) is 4.68 Å². The van der Waals surface area contributed by atoms with Crippen LogP contribution in [0.5, 0.6) is 0 Å². The number of thiocarbonyl (C=S) groups is 1. The molecule has 4 aromatic rings. The normalized spacial score (nSPS) is 10.8. The van der Waals surface area contributed by atoms with Gasteiger partial charge in [-0.3, -0.25) is 15.5 Å². The Labute approximate surface area is 215 Å². The molecule has 2 heterocycles. The lowest BCUT2D eigenvalue weighted by Crippen LogP contribution is -2.38. The smallest absolute Gasteiger partial charge is 0.293 e. The number of hydrogen-bond acceptors (Lipinski definition) is 6. The molecule has 11 heteroatoms. The first kappa shape index (κ1) is 24.3. The summed E-state index contributed by atoms with van der Waals surface area (Å²) in [6, 6.07) is 18.3. The Morgan fingerprint density at radius 1 is 1.12 bits per heavy atom. The standard InChI is InChI=1S/C23H19Cl2N5O2S2/c1-2-20-27-28-23(34-13-14-6-4-3-5-7-14)30(20)29-22(33)26-21(31)19-11-10-18(32-19)16-9-8-15(24)12-17(16)25/h3-12H,2,13H2,1H3,(H2,26,29,31,33). The van der Waals surface area contributed by atoms with Crippen LogP contribution in [0.25, 0.3) is 11.3 Å². The van der Waals surface area contributed by atoms with Gasteiger partial charge in [-0.2, -0.15) is 0 Å². The number of aryl methyl sites for hydroxylation is 1. The lowest BCUT2D eigenvalue weighted by atomic mass is 10.2. The molecule has 174 valence electrons. The number of rotatable bonds is 7. The van der Waals surface area contributed by atoms with Crippen molar-refractivity contribution in [3.63, 3.8) is 0 Å². The van der Waals surface area contributed by atoms with Gasteiger partial charge < -0.3 is 4.42 Å². The van der Waals surface area contributed by atoms with Crippen molar-refractivity contribution in [3.8, 4) is 11.3 Å². The summed E-state index contributed by atoms with van der Waals surface area (Å²) in [5, 5.41) is 12.7. The number of nitrogens with zero attached hydrogens (tertiary/aromatic N) is 3. The zero-order chi connectivity index (χ0) is 24.1. The van der Waals surface area contributed by atoms with Crippen LogP contribution in [0.1, 0.15) is 28.9 Å². The monoisotopic (exact) mass is 531 g/mol. The van der Waals surface area contributed by atoms with Crippen LogP contribution >= 0.6 is 47.2 Å². The maximum atomic E-state index is 12.7. The highest BCUT2D eigenvalue weighted by Crippen LogP contribution is 2.31. The van der Waals surface area contributed by atoms with Crippen molar-refractivity contribution in [2.24, 2.45) is 0 Å². The van der Waals surface area contributed by atoms with E-state index in [0.29, 0.717) is 44.5 Å². The predicted molar refractivity (Wildman–Crippen MR) is 139 cm³/mol. The molecule has 0 fully saturated rings. The number of thioether (sulfide) groups is 1. The number of aromatic nitrogens is 3. The van der Waals surface area contributed by atoms with Crippen molar-refractivity contribution >= 4 is 58.2 Å². The van der Waals surface area contributed by atoms with E-state index in [4.69, 9.17) is 39.8 Å². The third kappa shape index (κ3) is 5.79. The van der Waals surface area contributed by atoms with Crippen LogP contribution in [0.4, 0.5) is 0 Å². The highest BCUT2D eigenvalue weighted by atomic mass is 35.5. The number of furan rings is 1. The van der Waals surface area contributed by atoms with Gasteiger partial charge in [-0.15, -0.1) is 10.2 Å². The molecule has 34 heavy (non-hydrogen) atoms.